The normalized spacial score (nSPS) is 13.4. The van der Waals surface area contributed by atoms with Crippen molar-refractivity contribution in [3.63, 3.8) is 0 Å². The van der Waals surface area contributed by atoms with E-state index in [-0.39, 0.29) is 6.10 Å². The number of aliphatic hydroxyl groups is 2. The molecular weight excluding hydrogens is 314 g/mol. The lowest BCUT2D eigenvalue weighted by Crippen LogP contribution is -2.26. The first-order chi connectivity index (χ1) is 12.2. The van der Waals surface area contributed by atoms with Crippen LogP contribution >= 0.6 is 0 Å². The molecule has 0 amide bonds. The molecule has 0 radical (unpaired) electrons. The molecule has 2 atom stereocenters. The molecule has 0 heterocycles. The molecule has 2 unspecified atom stereocenters. The van der Waals surface area contributed by atoms with Crippen molar-refractivity contribution in [2.45, 2.75) is 38.4 Å². The highest BCUT2D eigenvalue weighted by Crippen LogP contribution is 2.28. The first-order valence-corrected chi connectivity index (χ1v) is 8.99. The highest BCUT2D eigenvalue weighted by Gasteiger charge is 2.13. The molecule has 0 saturated heterocycles. The van der Waals surface area contributed by atoms with Crippen molar-refractivity contribution in [2.75, 3.05) is 19.7 Å². The molecule has 0 fully saturated rings. The minimum atomic E-state index is -0.537. The smallest absolute Gasteiger partial charge is 0.125 e. The maximum absolute atomic E-state index is 10.5. The number of para-hydroxylation sites is 1. The number of rotatable bonds is 11. The summed E-state index contributed by atoms with van der Waals surface area (Å²) in [6.07, 6.45) is 1.48. The fraction of sp³-hybridized carbons (Fsp3) is 0.429. The monoisotopic (exact) mass is 343 g/mol. The Hall–Kier alpha value is -1.88. The zero-order valence-electron chi connectivity index (χ0n) is 14.9. The van der Waals surface area contributed by atoms with Crippen molar-refractivity contribution >= 4 is 0 Å². The average Bonchev–Trinajstić information content (AvgIpc) is 2.63. The third-order valence-corrected chi connectivity index (χ3v) is 4.02. The van der Waals surface area contributed by atoms with Gasteiger partial charge in [0.2, 0.25) is 0 Å². The molecule has 0 bridgehead atoms. The van der Waals surface area contributed by atoms with Crippen molar-refractivity contribution < 1.29 is 14.9 Å². The van der Waals surface area contributed by atoms with Gasteiger partial charge >= 0.3 is 0 Å². The van der Waals surface area contributed by atoms with Crippen LogP contribution in [0.25, 0.3) is 0 Å². The number of hydrogen-bond donors (Lipinski definition) is 3. The van der Waals surface area contributed by atoms with Crippen LogP contribution in [-0.4, -0.2) is 36.0 Å². The van der Waals surface area contributed by atoms with Crippen molar-refractivity contribution in [1.82, 2.24) is 5.32 Å². The summed E-state index contributed by atoms with van der Waals surface area (Å²) < 4.78 is 5.85. The van der Waals surface area contributed by atoms with Gasteiger partial charge in [0.25, 0.3) is 0 Å². The SMILES string of the molecule is CC(O)CNCCCOc1ccccc1C(O)CCc1ccccc1. The Morgan fingerprint density at radius 1 is 1.00 bits per heavy atom. The summed E-state index contributed by atoms with van der Waals surface area (Å²) in [6.45, 7) is 3.73. The minimum Gasteiger partial charge on any atom is -0.493 e. The van der Waals surface area contributed by atoms with Crippen LogP contribution in [0.2, 0.25) is 0 Å². The van der Waals surface area contributed by atoms with Gasteiger partial charge in [-0.1, -0.05) is 48.5 Å². The molecule has 3 N–H and O–H groups in total. The quantitative estimate of drug-likeness (QED) is 0.549. The van der Waals surface area contributed by atoms with Gasteiger partial charge in [0.1, 0.15) is 5.75 Å². The number of aryl methyl sites for hydroxylation is 1. The molecule has 136 valence electrons. The average molecular weight is 343 g/mol. The van der Waals surface area contributed by atoms with Crippen LogP contribution in [0.15, 0.2) is 54.6 Å². The molecular formula is C21H29NO3. The molecule has 0 aliphatic heterocycles. The largest absolute Gasteiger partial charge is 0.493 e. The Labute approximate surface area is 150 Å². The van der Waals surface area contributed by atoms with E-state index in [0.717, 1.165) is 30.7 Å². The Kier molecular flexibility index (Phi) is 8.46. The van der Waals surface area contributed by atoms with E-state index in [4.69, 9.17) is 4.74 Å². The van der Waals surface area contributed by atoms with Crippen molar-refractivity contribution in [3.8, 4) is 5.75 Å². The molecule has 0 spiro atoms. The van der Waals surface area contributed by atoms with E-state index in [1.807, 2.05) is 42.5 Å². The predicted molar refractivity (Wildman–Crippen MR) is 101 cm³/mol. The number of ether oxygens (including phenoxy) is 1. The second-order valence-corrected chi connectivity index (χ2v) is 6.33. The van der Waals surface area contributed by atoms with Gasteiger partial charge in [-0.15, -0.1) is 0 Å². The summed E-state index contributed by atoms with van der Waals surface area (Å²) in [5.74, 6) is 0.749. The molecule has 0 aliphatic rings. The Morgan fingerprint density at radius 2 is 1.72 bits per heavy atom. The Balaban J connectivity index is 1.80. The molecule has 0 aromatic heterocycles. The van der Waals surface area contributed by atoms with Gasteiger partial charge in [-0.25, -0.2) is 0 Å². The van der Waals surface area contributed by atoms with Crippen LogP contribution in [0.1, 0.15) is 37.0 Å². The van der Waals surface area contributed by atoms with Gasteiger partial charge in [0.15, 0.2) is 0 Å². The minimum absolute atomic E-state index is 0.332. The highest BCUT2D eigenvalue weighted by molar-refractivity contribution is 5.35. The van der Waals surface area contributed by atoms with E-state index in [1.165, 1.54) is 5.56 Å². The Morgan fingerprint density at radius 3 is 2.48 bits per heavy atom. The highest BCUT2D eigenvalue weighted by atomic mass is 16.5. The summed E-state index contributed by atoms with van der Waals surface area (Å²) >= 11 is 0. The van der Waals surface area contributed by atoms with Crippen LogP contribution in [-0.2, 0) is 6.42 Å². The van der Waals surface area contributed by atoms with E-state index in [0.29, 0.717) is 19.6 Å². The van der Waals surface area contributed by atoms with Gasteiger partial charge in [-0.3, -0.25) is 0 Å². The molecule has 25 heavy (non-hydrogen) atoms. The van der Waals surface area contributed by atoms with Gasteiger partial charge in [-0.2, -0.15) is 0 Å². The zero-order valence-corrected chi connectivity index (χ0v) is 14.9. The van der Waals surface area contributed by atoms with Gasteiger partial charge < -0.3 is 20.3 Å². The number of nitrogens with one attached hydrogen (secondary N) is 1. The van der Waals surface area contributed by atoms with Gasteiger partial charge in [0, 0.05) is 12.1 Å². The Bertz CT molecular complexity index is 601. The molecule has 2 aromatic rings. The first kappa shape index (κ1) is 19.4. The van der Waals surface area contributed by atoms with E-state index >= 15 is 0 Å². The van der Waals surface area contributed by atoms with Gasteiger partial charge in [-0.05, 0) is 44.4 Å². The molecule has 4 nitrogen and oxygen atoms in total. The van der Waals surface area contributed by atoms with Crippen LogP contribution in [0.3, 0.4) is 0 Å². The van der Waals surface area contributed by atoms with Gasteiger partial charge in [0.05, 0.1) is 18.8 Å². The number of hydrogen-bond acceptors (Lipinski definition) is 4. The predicted octanol–water partition coefficient (Wildman–Crippen LogP) is 3.09. The molecule has 2 aromatic carbocycles. The van der Waals surface area contributed by atoms with Crippen LogP contribution in [0.5, 0.6) is 5.75 Å². The van der Waals surface area contributed by atoms with E-state index in [1.54, 1.807) is 6.92 Å². The third-order valence-electron chi connectivity index (χ3n) is 4.02. The topological polar surface area (TPSA) is 61.7 Å². The molecule has 4 heteroatoms. The standard InChI is InChI=1S/C21H29NO3/c1-17(23)16-22-14-7-15-25-21-11-6-5-10-19(21)20(24)13-12-18-8-3-2-4-9-18/h2-6,8-11,17,20,22-24H,7,12-16H2,1H3. The van der Waals surface area contributed by atoms with Crippen molar-refractivity contribution in [2.24, 2.45) is 0 Å². The maximum atomic E-state index is 10.5. The number of aliphatic hydroxyl groups excluding tert-OH is 2. The summed E-state index contributed by atoms with van der Waals surface area (Å²) in [4.78, 5) is 0. The fourth-order valence-corrected chi connectivity index (χ4v) is 2.68. The van der Waals surface area contributed by atoms with Crippen LogP contribution in [0, 0.1) is 0 Å². The first-order valence-electron chi connectivity index (χ1n) is 8.99. The summed E-state index contributed by atoms with van der Waals surface area (Å²) in [6, 6.07) is 17.9. The van der Waals surface area contributed by atoms with E-state index < -0.39 is 6.10 Å². The van der Waals surface area contributed by atoms with Crippen LogP contribution < -0.4 is 10.1 Å². The fourth-order valence-electron chi connectivity index (χ4n) is 2.68. The van der Waals surface area contributed by atoms with E-state index in [2.05, 4.69) is 17.4 Å². The van der Waals surface area contributed by atoms with Crippen molar-refractivity contribution in [3.05, 3.63) is 65.7 Å². The second kappa shape index (κ2) is 10.9. The van der Waals surface area contributed by atoms with Crippen molar-refractivity contribution in [1.29, 1.82) is 0 Å². The summed E-state index contributed by atoms with van der Waals surface area (Å²) in [5, 5.41) is 22.9. The molecule has 0 saturated carbocycles. The number of benzene rings is 2. The maximum Gasteiger partial charge on any atom is 0.125 e. The zero-order chi connectivity index (χ0) is 17.9. The molecule has 2 rings (SSSR count). The lowest BCUT2D eigenvalue weighted by atomic mass is 10.0. The van der Waals surface area contributed by atoms with E-state index in [9.17, 15) is 10.2 Å². The lowest BCUT2D eigenvalue weighted by Gasteiger charge is -2.16. The third kappa shape index (κ3) is 7.26. The van der Waals surface area contributed by atoms with Crippen LogP contribution in [0.4, 0.5) is 0 Å². The summed E-state index contributed by atoms with van der Waals surface area (Å²) in [7, 11) is 0. The summed E-state index contributed by atoms with van der Waals surface area (Å²) in [5.41, 5.74) is 2.07. The second-order valence-electron chi connectivity index (χ2n) is 6.33. The lowest BCUT2D eigenvalue weighted by molar-refractivity contribution is 0.161. The molecule has 0 aliphatic carbocycles.